The van der Waals surface area contributed by atoms with Gasteiger partial charge in [-0.25, -0.2) is 5.84 Å². The molecule has 150 valence electrons. The second-order valence-corrected chi connectivity index (χ2v) is 7.51. The summed E-state index contributed by atoms with van der Waals surface area (Å²) in [5.41, 5.74) is 0.505. The molecule has 8 heteroatoms. The number of rotatable bonds is 8. The number of nitrogens with zero attached hydrogens (tertiary/aromatic N) is 1. The number of nitrogens with two attached hydrogens (primary N) is 1. The Labute approximate surface area is 164 Å². The van der Waals surface area contributed by atoms with Crippen molar-refractivity contribution in [2.24, 2.45) is 23.6 Å². The largest absolute Gasteiger partial charge is 0.481 e. The Kier molecular flexibility index (Phi) is 8.24. The Bertz CT molecular complexity index is 675. The standard InChI is InChI=1S/C19H27ClN2O5/c1-10(2)15(19(26)27-11(3)4)17(23)22(21)16(12(5)18(24)25)13-6-8-14(20)9-7-13/h6-12,15-16H,21H2,1-5H3,(H,24,25). The predicted molar refractivity (Wildman–Crippen MR) is 102 cm³/mol. The number of carboxylic acids is 1. The van der Waals surface area contributed by atoms with Crippen LogP contribution in [0.25, 0.3) is 0 Å². The van der Waals surface area contributed by atoms with E-state index >= 15 is 0 Å². The highest BCUT2D eigenvalue weighted by atomic mass is 35.5. The molecule has 1 aromatic carbocycles. The molecule has 3 atom stereocenters. The third-order valence-corrected chi connectivity index (χ3v) is 4.42. The van der Waals surface area contributed by atoms with E-state index in [1.807, 2.05) is 0 Å². The number of hydrogen-bond donors (Lipinski definition) is 2. The monoisotopic (exact) mass is 398 g/mol. The number of aliphatic carboxylic acids is 1. The molecule has 0 bridgehead atoms. The van der Waals surface area contributed by atoms with Crippen LogP contribution in [-0.2, 0) is 19.1 Å². The second-order valence-electron chi connectivity index (χ2n) is 7.08. The van der Waals surface area contributed by atoms with Crippen LogP contribution in [0.3, 0.4) is 0 Å². The van der Waals surface area contributed by atoms with Crippen LogP contribution in [0.15, 0.2) is 24.3 Å². The van der Waals surface area contributed by atoms with E-state index in [-0.39, 0.29) is 12.0 Å². The fraction of sp³-hybridized carbons (Fsp3) is 0.526. The van der Waals surface area contributed by atoms with E-state index in [0.29, 0.717) is 10.6 Å². The number of esters is 1. The molecule has 27 heavy (non-hydrogen) atoms. The smallest absolute Gasteiger partial charge is 0.319 e. The van der Waals surface area contributed by atoms with Gasteiger partial charge < -0.3 is 9.84 Å². The minimum atomic E-state index is -1.13. The van der Waals surface area contributed by atoms with E-state index in [4.69, 9.17) is 22.2 Å². The summed E-state index contributed by atoms with van der Waals surface area (Å²) in [5.74, 6) is 1.05. The van der Waals surface area contributed by atoms with Gasteiger partial charge in [-0.3, -0.25) is 19.4 Å². The van der Waals surface area contributed by atoms with Crippen LogP contribution in [0.5, 0.6) is 0 Å². The average Bonchev–Trinajstić information content (AvgIpc) is 2.55. The third-order valence-electron chi connectivity index (χ3n) is 4.17. The minimum absolute atomic E-state index is 0.374. The molecule has 0 aliphatic rings. The van der Waals surface area contributed by atoms with Crippen molar-refractivity contribution in [1.82, 2.24) is 5.01 Å². The molecular formula is C19H27ClN2O5. The number of carbonyl (C=O) groups excluding carboxylic acids is 2. The molecule has 0 aromatic heterocycles. The zero-order valence-corrected chi connectivity index (χ0v) is 16.9. The fourth-order valence-electron chi connectivity index (χ4n) is 2.75. The van der Waals surface area contributed by atoms with E-state index in [1.54, 1.807) is 52.0 Å². The lowest BCUT2D eigenvalue weighted by Crippen LogP contribution is -2.50. The van der Waals surface area contributed by atoms with Gasteiger partial charge in [0.15, 0.2) is 0 Å². The highest BCUT2D eigenvalue weighted by molar-refractivity contribution is 6.30. The number of carboxylic acid groups (broad SMARTS) is 1. The van der Waals surface area contributed by atoms with Crippen molar-refractivity contribution < 1.29 is 24.2 Å². The lowest BCUT2D eigenvalue weighted by atomic mass is 9.90. The first kappa shape index (κ1) is 22.9. The highest BCUT2D eigenvalue weighted by Gasteiger charge is 2.40. The SMILES string of the molecule is CC(C)OC(=O)C(C(=O)N(N)C(c1ccc(Cl)cc1)C(C)C(=O)O)C(C)C. The van der Waals surface area contributed by atoms with Crippen molar-refractivity contribution >= 4 is 29.4 Å². The fourth-order valence-corrected chi connectivity index (χ4v) is 2.87. The Hall–Kier alpha value is -2.12. The third kappa shape index (κ3) is 5.94. The van der Waals surface area contributed by atoms with Gasteiger partial charge in [0.25, 0.3) is 5.91 Å². The number of halogens is 1. The molecule has 1 aromatic rings. The van der Waals surface area contributed by atoms with E-state index in [2.05, 4.69) is 0 Å². The first-order valence-corrected chi connectivity index (χ1v) is 9.11. The Balaban J connectivity index is 3.27. The summed E-state index contributed by atoms with van der Waals surface area (Å²) in [6.07, 6.45) is -0.386. The van der Waals surface area contributed by atoms with Crippen LogP contribution >= 0.6 is 11.6 Å². The summed E-state index contributed by atoms with van der Waals surface area (Å²) in [4.78, 5) is 37.0. The van der Waals surface area contributed by atoms with Crippen LogP contribution in [0.2, 0.25) is 5.02 Å². The molecule has 0 saturated heterocycles. The van der Waals surface area contributed by atoms with E-state index in [9.17, 15) is 19.5 Å². The van der Waals surface area contributed by atoms with Crippen molar-refractivity contribution in [3.8, 4) is 0 Å². The van der Waals surface area contributed by atoms with Crippen LogP contribution in [-0.4, -0.2) is 34.1 Å². The van der Waals surface area contributed by atoms with Crippen LogP contribution < -0.4 is 5.84 Å². The van der Waals surface area contributed by atoms with Crippen molar-refractivity contribution in [2.75, 3.05) is 0 Å². The van der Waals surface area contributed by atoms with Gasteiger partial charge in [0, 0.05) is 5.02 Å². The lowest BCUT2D eigenvalue weighted by Gasteiger charge is -2.33. The van der Waals surface area contributed by atoms with Crippen molar-refractivity contribution in [3.63, 3.8) is 0 Å². The number of hydrazine groups is 1. The van der Waals surface area contributed by atoms with Crippen molar-refractivity contribution in [3.05, 3.63) is 34.9 Å². The average molecular weight is 399 g/mol. The van der Waals surface area contributed by atoms with Gasteiger partial charge in [-0.05, 0) is 44.4 Å². The lowest BCUT2D eigenvalue weighted by molar-refractivity contribution is -0.162. The maximum atomic E-state index is 13.0. The second kappa shape index (κ2) is 9.71. The molecule has 0 fully saturated rings. The van der Waals surface area contributed by atoms with Gasteiger partial charge in [-0.1, -0.05) is 37.6 Å². The molecular weight excluding hydrogens is 372 g/mol. The number of amides is 1. The predicted octanol–water partition coefficient (Wildman–Crippen LogP) is 3.03. The zero-order valence-electron chi connectivity index (χ0n) is 16.2. The van der Waals surface area contributed by atoms with Gasteiger partial charge in [-0.15, -0.1) is 0 Å². The van der Waals surface area contributed by atoms with Crippen LogP contribution in [0.4, 0.5) is 0 Å². The Morgan fingerprint density at radius 2 is 1.59 bits per heavy atom. The molecule has 7 nitrogen and oxygen atoms in total. The summed E-state index contributed by atoms with van der Waals surface area (Å²) < 4.78 is 5.18. The normalized spacial score (nSPS) is 14.6. The summed E-state index contributed by atoms with van der Waals surface area (Å²) >= 11 is 5.89. The molecule has 0 radical (unpaired) electrons. The molecule has 1 amide bonds. The van der Waals surface area contributed by atoms with Crippen molar-refractivity contribution in [1.29, 1.82) is 0 Å². The van der Waals surface area contributed by atoms with Crippen LogP contribution in [0.1, 0.15) is 46.2 Å². The van der Waals surface area contributed by atoms with Gasteiger partial charge in [0.1, 0.15) is 5.92 Å². The molecule has 3 N–H and O–H groups in total. The van der Waals surface area contributed by atoms with Gasteiger partial charge in [-0.2, -0.15) is 0 Å². The van der Waals surface area contributed by atoms with Gasteiger partial charge >= 0.3 is 11.9 Å². The maximum absolute atomic E-state index is 13.0. The Morgan fingerprint density at radius 1 is 1.07 bits per heavy atom. The van der Waals surface area contributed by atoms with Gasteiger partial charge in [0.05, 0.1) is 18.1 Å². The number of ether oxygens (including phenoxy) is 1. The van der Waals surface area contributed by atoms with Crippen molar-refractivity contribution in [2.45, 2.75) is 46.8 Å². The number of benzene rings is 1. The first-order chi connectivity index (χ1) is 12.5. The van der Waals surface area contributed by atoms with Gasteiger partial charge in [0.2, 0.25) is 0 Å². The minimum Gasteiger partial charge on any atom is -0.481 e. The summed E-state index contributed by atoms with van der Waals surface area (Å²) in [6.45, 7) is 8.23. The maximum Gasteiger partial charge on any atom is 0.319 e. The molecule has 0 spiro atoms. The highest BCUT2D eigenvalue weighted by Crippen LogP contribution is 2.30. The summed E-state index contributed by atoms with van der Waals surface area (Å²) in [6, 6.07) is 5.42. The summed E-state index contributed by atoms with van der Waals surface area (Å²) in [7, 11) is 0. The molecule has 3 unspecified atom stereocenters. The van der Waals surface area contributed by atoms with Crippen LogP contribution in [0, 0.1) is 17.8 Å². The quantitative estimate of drug-likeness (QED) is 0.229. The van der Waals surface area contributed by atoms with E-state index < -0.39 is 35.7 Å². The summed E-state index contributed by atoms with van der Waals surface area (Å²) in [5, 5.41) is 10.8. The molecule has 0 saturated carbocycles. The molecule has 1 rings (SSSR count). The van der Waals surface area contributed by atoms with E-state index in [0.717, 1.165) is 5.01 Å². The molecule has 0 heterocycles. The molecule has 0 aliphatic carbocycles. The number of carbonyl (C=O) groups is 3. The first-order valence-electron chi connectivity index (χ1n) is 8.73. The Morgan fingerprint density at radius 3 is 2.00 bits per heavy atom. The zero-order chi connectivity index (χ0) is 20.9. The van der Waals surface area contributed by atoms with E-state index in [1.165, 1.54) is 6.92 Å². The topological polar surface area (TPSA) is 110 Å². The molecule has 0 aliphatic heterocycles. The number of hydrogen-bond acceptors (Lipinski definition) is 5.